The van der Waals surface area contributed by atoms with Crippen molar-refractivity contribution in [3.63, 3.8) is 0 Å². The number of aromatic nitrogens is 2. The van der Waals surface area contributed by atoms with Gasteiger partial charge in [-0.3, -0.25) is 0 Å². The molecule has 30 heavy (non-hydrogen) atoms. The lowest BCUT2D eigenvalue weighted by molar-refractivity contribution is 0.302. The van der Waals surface area contributed by atoms with Crippen molar-refractivity contribution in [1.29, 1.82) is 5.26 Å². The average molecular weight is 523 g/mol. The number of nitrogens with one attached hydrogen (secondary N) is 1. The number of benzene rings is 3. The summed E-state index contributed by atoms with van der Waals surface area (Å²) in [6.45, 7) is 2.53. The van der Waals surface area contributed by atoms with E-state index < -0.39 is 0 Å². The summed E-state index contributed by atoms with van der Waals surface area (Å²) >= 11 is 7.18. The Morgan fingerprint density at radius 2 is 1.80 bits per heavy atom. The maximum absolute atomic E-state index is 9.66. The molecule has 0 aliphatic heterocycles. The Hall–Kier alpha value is -2.88. The summed E-state index contributed by atoms with van der Waals surface area (Å²) in [7, 11) is 0. The maximum Gasteiger partial charge on any atom is 0.149 e. The van der Waals surface area contributed by atoms with Crippen molar-refractivity contribution >= 4 is 54.5 Å². The number of halogens is 2. The Balaban J connectivity index is 1.59. The molecule has 0 aliphatic rings. The van der Waals surface area contributed by atoms with Gasteiger partial charge in [0.15, 0.2) is 0 Å². The first-order chi connectivity index (χ1) is 14.5. The zero-order valence-electron chi connectivity index (χ0n) is 16.1. The summed E-state index contributed by atoms with van der Waals surface area (Å²) in [5.41, 5.74) is 5.36. The smallest absolute Gasteiger partial charge is 0.149 e. The molecule has 0 bridgehead atoms. The fourth-order valence-electron chi connectivity index (χ4n) is 3.04. The van der Waals surface area contributed by atoms with E-state index in [9.17, 15) is 5.26 Å². The van der Waals surface area contributed by atoms with E-state index in [0.29, 0.717) is 18.0 Å². The Morgan fingerprint density at radius 1 is 1.10 bits per heavy atom. The summed E-state index contributed by atoms with van der Waals surface area (Å²) in [6, 6.07) is 22.0. The number of hydrogen-bond acceptors (Lipinski definition) is 3. The number of aryl methyl sites for hydroxylation is 1. The SMILES string of the molecule is Cc1ccc(COc2c(Br)cc(/C=C(/C#N)c3nc4ccccc4[nH]3)cc2Br)cc1. The predicted octanol–water partition coefficient (Wildman–Crippen LogP) is 7.04. The number of nitrogens with zero attached hydrogens (tertiary/aromatic N) is 2. The Labute approximate surface area is 191 Å². The zero-order chi connectivity index (χ0) is 21.1. The second-order valence-electron chi connectivity index (χ2n) is 6.86. The number of fused-ring (bicyclic) bond motifs is 1. The summed E-state index contributed by atoms with van der Waals surface area (Å²) in [5.74, 6) is 1.26. The first kappa shape index (κ1) is 20.4. The fourth-order valence-corrected chi connectivity index (χ4v) is 4.49. The second kappa shape index (κ2) is 8.86. The molecule has 0 radical (unpaired) electrons. The van der Waals surface area contributed by atoms with Gasteiger partial charge in [0.05, 0.1) is 25.6 Å². The van der Waals surface area contributed by atoms with E-state index in [1.807, 2.05) is 36.4 Å². The first-order valence-corrected chi connectivity index (χ1v) is 10.9. The summed E-state index contributed by atoms with van der Waals surface area (Å²) in [5, 5.41) is 9.66. The first-order valence-electron chi connectivity index (χ1n) is 9.28. The molecule has 0 saturated heterocycles. The van der Waals surface area contributed by atoms with Gasteiger partial charge in [-0.1, -0.05) is 42.0 Å². The van der Waals surface area contributed by atoms with E-state index in [-0.39, 0.29) is 0 Å². The number of ether oxygens (including phenoxy) is 1. The fraction of sp³-hybridized carbons (Fsp3) is 0.0833. The van der Waals surface area contributed by atoms with Gasteiger partial charge in [-0.15, -0.1) is 0 Å². The van der Waals surface area contributed by atoms with Crippen LogP contribution in [0.2, 0.25) is 0 Å². The van der Waals surface area contributed by atoms with E-state index in [2.05, 4.69) is 79.1 Å². The molecule has 3 aromatic carbocycles. The maximum atomic E-state index is 9.66. The lowest BCUT2D eigenvalue weighted by Crippen LogP contribution is -1.97. The molecule has 6 heteroatoms. The normalized spacial score (nSPS) is 11.5. The number of H-pyrrole nitrogens is 1. The van der Waals surface area contributed by atoms with Crippen LogP contribution in [-0.2, 0) is 6.61 Å². The molecule has 0 aliphatic carbocycles. The highest BCUT2D eigenvalue weighted by molar-refractivity contribution is 9.11. The number of rotatable bonds is 5. The molecule has 148 valence electrons. The van der Waals surface area contributed by atoms with Crippen LogP contribution in [0.15, 0.2) is 69.6 Å². The molecule has 0 fully saturated rings. The van der Waals surface area contributed by atoms with Crippen molar-refractivity contribution in [3.8, 4) is 11.8 Å². The molecule has 0 saturated carbocycles. The zero-order valence-corrected chi connectivity index (χ0v) is 19.3. The van der Waals surface area contributed by atoms with Crippen LogP contribution in [0, 0.1) is 18.3 Å². The summed E-state index contributed by atoms with van der Waals surface area (Å²) < 4.78 is 7.61. The number of allylic oxidation sites excluding steroid dienone is 1. The number of para-hydroxylation sites is 2. The minimum atomic E-state index is 0.457. The standard InChI is InChI=1S/C24H17Br2N3O/c1-15-6-8-16(9-7-15)14-30-23-19(25)11-17(12-20(23)26)10-18(13-27)24-28-21-4-2-3-5-22(21)29-24/h2-12H,14H2,1H3,(H,28,29)/b18-10-. The van der Waals surface area contributed by atoms with Crippen molar-refractivity contribution in [2.45, 2.75) is 13.5 Å². The van der Waals surface area contributed by atoms with Gasteiger partial charge in [-0.25, -0.2) is 4.98 Å². The van der Waals surface area contributed by atoms with Crippen LogP contribution in [-0.4, -0.2) is 9.97 Å². The van der Waals surface area contributed by atoms with Crippen LogP contribution in [0.1, 0.15) is 22.5 Å². The van der Waals surface area contributed by atoms with E-state index in [1.54, 1.807) is 6.08 Å². The van der Waals surface area contributed by atoms with Crippen molar-refractivity contribution in [1.82, 2.24) is 9.97 Å². The van der Waals surface area contributed by atoms with E-state index >= 15 is 0 Å². The molecular weight excluding hydrogens is 506 g/mol. The largest absolute Gasteiger partial charge is 0.487 e. The Bertz CT molecular complexity index is 1230. The third-order valence-corrected chi connectivity index (χ3v) is 5.78. The Morgan fingerprint density at radius 3 is 2.47 bits per heavy atom. The van der Waals surface area contributed by atoms with Crippen molar-refractivity contribution in [2.75, 3.05) is 0 Å². The minimum Gasteiger partial charge on any atom is -0.487 e. The monoisotopic (exact) mass is 521 g/mol. The Kier molecular flexibility index (Phi) is 6.03. The average Bonchev–Trinajstić information content (AvgIpc) is 3.16. The summed E-state index contributed by atoms with van der Waals surface area (Å²) in [6.07, 6.45) is 1.80. The minimum absolute atomic E-state index is 0.457. The van der Waals surface area contributed by atoms with Gasteiger partial charge in [-0.05, 0) is 80.3 Å². The highest BCUT2D eigenvalue weighted by Gasteiger charge is 2.12. The van der Waals surface area contributed by atoms with Crippen molar-refractivity contribution in [2.24, 2.45) is 0 Å². The molecule has 0 amide bonds. The van der Waals surface area contributed by atoms with Gasteiger partial charge in [0, 0.05) is 0 Å². The summed E-state index contributed by atoms with van der Waals surface area (Å²) in [4.78, 5) is 7.72. The highest BCUT2D eigenvalue weighted by Crippen LogP contribution is 2.36. The van der Waals surface area contributed by atoms with Crippen LogP contribution in [0.3, 0.4) is 0 Å². The van der Waals surface area contributed by atoms with Crippen LogP contribution in [0.25, 0.3) is 22.7 Å². The van der Waals surface area contributed by atoms with Crippen LogP contribution in [0.5, 0.6) is 5.75 Å². The van der Waals surface area contributed by atoms with Crippen LogP contribution >= 0.6 is 31.9 Å². The lowest BCUT2D eigenvalue weighted by atomic mass is 10.1. The molecule has 0 atom stereocenters. The number of aromatic amines is 1. The highest BCUT2D eigenvalue weighted by atomic mass is 79.9. The quantitative estimate of drug-likeness (QED) is 0.286. The second-order valence-corrected chi connectivity index (χ2v) is 8.57. The molecule has 1 heterocycles. The molecule has 1 N–H and O–H groups in total. The number of hydrogen-bond donors (Lipinski definition) is 1. The predicted molar refractivity (Wildman–Crippen MR) is 127 cm³/mol. The molecule has 0 unspecified atom stereocenters. The van der Waals surface area contributed by atoms with Gasteiger partial charge in [0.2, 0.25) is 0 Å². The van der Waals surface area contributed by atoms with Gasteiger partial charge in [0.25, 0.3) is 0 Å². The van der Waals surface area contributed by atoms with E-state index in [1.165, 1.54) is 5.56 Å². The number of imidazole rings is 1. The third kappa shape index (κ3) is 4.48. The van der Waals surface area contributed by atoms with Gasteiger partial charge in [-0.2, -0.15) is 5.26 Å². The number of nitriles is 1. The molecule has 1 aromatic heterocycles. The topological polar surface area (TPSA) is 61.7 Å². The van der Waals surface area contributed by atoms with Crippen molar-refractivity contribution in [3.05, 3.63) is 92.1 Å². The third-order valence-electron chi connectivity index (χ3n) is 4.60. The van der Waals surface area contributed by atoms with E-state index in [0.717, 1.165) is 36.9 Å². The molecule has 4 rings (SSSR count). The van der Waals surface area contributed by atoms with Gasteiger partial charge >= 0.3 is 0 Å². The van der Waals surface area contributed by atoms with Crippen LogP contribution < -0.4 is 4.74 Å². The van der Waals surface area contributed by atoms with E-state index in [4.69, 9.17) is 4.74 Å². The van der Waals surface area contributed by atoms with Gasteiger partial charge in [0.1, 0.15) is 24.3 Å². The van der Waals surface area contributed by atoms with Gasteiger partial charge < -0.3 is 9.72 Å². The van der Waals surface area contributed by atoms with Crippen molar-refractivity contribution < 1.29 is 4.74 Å². The van der Waals surface area contributed by atoms with Crippen LogP contribution in [0.4, 0.5) is 0 Å². The molecule has 4 nitrogen and oxygen atoms in total. The molecule has 4 aromatic rings. The molecular formula is C24H17Br2N3O. The lowest BCUT2D eigenvalue weighted by Gasteiger charge is -2.12. The molecule has 0 spiro atoms.